The van der Waals surface area contributed by atoms with Crippen molar-refractivity contribution in [2.45, 2.75) is 35.5 Å². The Morgan fingerprint density at radius 3 is 2.56 bits per heavy atom. The average Bonchev–Trinajstić information content (AvgIpc) is 2.99. The van der Waals surface area contributed by atoms with Crippen molar-refractivity contribution in [2.75, 3.05) is 12.3 Å². The molecule has 1 aromatic heterocycles. The van der Waals surface area contributed by atoms with Crippen molar-refractivity contribution in [3.8, 4) is 0 Å². The van der Waals surface area contributed by atoms with Crippen molar-refractivity contribution >= 4 is 27.4 Å². The van der Waals surface area contributed by atoms with E-state index in [0.29, 0.717) is 11.8 Å². The number of hydrogen-bond acceptors (Lipinski definition) is 4. The molecule has 1 aliphatic carbocycles. The van der Waals surface area contributed by atoms with Crippen LogP contribution >= 0.6 is 0 Å². The lowest BCUT2D eigenvalue weighted by molar-refractivity contribution is 0.596. The Morgan fingerprint density at radius 2 is 1.84 bits per heavy atom. The monoisotopic (exact) mass is 355 g/mol. The summed E-state index contributed by atoms with van der Waals surface area (Å²) < 4.78 is 26.2. The van der Waals surface area contributed by atoms with E-state index in [0.717, 1.165) is 30.3 Å². The van der Waals surface area contributed by atoms with Gasteiger partial charge in [-0.1, -0.05) is 30.4 Å². The summed E-state index contributed by atoms with van der Waals surface area (Å²) in [6, 6.07) is 8.44. The van der Waals surface area contributed by atoms with Gasteiger partial charge in [-0.15, -0.1) is 0 Å². The maximum Gasteiger partial charge on any atom is 0.210 e. The molecule has 2 heterocycles. The minimum absolute atomic E-state index is 0.184. The lowest BCUT2D eigenvalue weighted by atomic mass is 9.96. The Balaban J connectivity index is 1.97. The van der Waals surface area contributed by atoms with Gasteiger partial charge in [0.1, 0.15) is 10.7 Å². The molecule has 4 rings (SSSR count). The molecule has 0 amide bonds. The molecule has 2 aliphatic rings. The lowest BCUT2D eigenvalue weighted by Crippen LogP contribution is -2.39. The van der Waals surface area contributed by atoms with E-state index in [-0.39, 0.29) is 15.6 Å². The molecule has 0 fully saturated rings. The Morgan fingerprint density at radius 1 is 1.04 bits per heavy atom. The van der Waals surface area contributed by atoms with Crippen molar-refractivity contribution in [1.29, 1.82) is 0 Å². The predicted octanol–water partition coefficient (Wildman–Crippen LogP) is 1.42. The van der Waals surface area contributed by atoms with E-state index in [2.05, 4.69) is 16.4 Å². The average molecular weight is 355 g/mol. The summed E-state index contributed by atoms with van der Waals surface area (Å²) in [4.78, 5) is 3.56. The van der Waals surface area contributed by atoms with Crippen LogP contribution in [-0.2, 0) is 9.84 Å². The number of nitrogens with two attached hydrogens (primary N) is 1. The van der Waals surface area contributed by atoms with Crippen LogP contribution in [0.1, 0.15) is 25.7 Å². The molecule has 0 saturated carbocycles. The van der Waals surface area contributed by atoms with Gasteiger partial charge in [0, 0.05) is 11.8 Å². The van der Waals surface area contributed by atoms with Crippen molar-refractivity contribution in [3.05, 3.63) is 52.5 Å². The number of anilines is 1. The summed E-state index contributed by atoms with van der Waals surface area (Å²) >= 11 is 0. The number of aromatic nitrogens is 1. The lowest BCUT2D eigenvalue weighted by Gasteiger charge is -2.18. The predicted molar refractivity (Wildman–Crippen MR) is 98.8 cm³/mol. The molecular formula is C19H21N3O2S. The van der Waals surface area contributed by atoms with E-state index < -0.39 is 9.84 Å². The quantitative estimate of drug-likeness (QED) is 0.777. The number of benzene rings is 1. The van der Waals surface area contributed by atoms with Crippen LogP contribution in [0.4, 0.5) is 5.82 Å². The van der Waals surface area contributed by atoms with Crippen molar-refractivity contribution in [2.24, 2.45) is 0 Å². The van der Waals surface area contributed by atoms with Crippen molar-refractivity contribution in [3.63, 3.8) is 0 Å². The van der Waals surface area contributed by atoms with Gasteiger partial charge < -0.3 is 16.0 Å². The first kappa shape index (κ1) is 16.0. The van der Waals surface area contributed by atoms with Crippen LogP contribution in [0.2, 0.25) is 0 Å². The minimum Gasteiger partial charge on any atom is -0.384 e. The molecule has 0 unspecified atom stereocenters. The van der Waals surface area contributed by atoms with E-state index in [4.69, 9.17) is 5.73 Å². The van der Waals surface area contributed by atoms with E-state index in [1.54, 1.807) is 30.3 Å². The first-order valence-corrected chi connectivity index (χ1v) is 10.0. The van der Waals surface area contributed by atoms with E-state index >= 15 is 0 Å². The fourth-order valence-electron chi connectivity index (χ4n) is 3.60. The molecule has 25 heavy (non-hydrogen) atoms. The van der Waals surface area contributed by atoms with E-state index in [1.807, 2.05) is 6.08 Å². The number of nitrogens with one attached hydrogen (secondary N) is 2. The standard InChI is InChI=1S/C19H21N3O2S/c20-19-18(25(23,24)14-9-5-2-6-10-14)15-11-12-21-16(17(15)22-19)13-7-3-1-4-8-13/h2,5-7,9-11,21-22H,1,3-4,8,12,20H2. The van der Waals surface area contributed by atoms with Crippen LogP contribution in [0.15, 0.2) is 51.8 Å². The van der Waals surface area contributed by atoms with E-state index in [9.17, 15) is 8.42 Å². The Bertz CT molecular complexity index is 1060. The van der Waals surface area contributed by atoms with Gasteiger partial charge in [-0.2, -0.15) is 0 Å². The van der Waals surface area contributed by atoms with Gasteiger partial charge in [0.25, 0.3) is 0 Å². The highest BCUT2D eigenvalue weighted by Crippen LogP contribution is 2.25. The topological polar surface area (TPSA) is 88.0 Å². The largest absolute Gasteiger partial charge is 0.384 e. The Labute approximate surface area is 146 Å². The molecule has 6 heteroatoms. The zero-order valence-electron chi connectivity index (χ0n) is 13.9. The summed E-state index contributed by atoms with van der Waals surface area (Å²) in [5.41, 5.74) is 8.35. The number of H-pyrrole nitrogens is 1. The van der Waals surface area contributed by atoms with Gasteiger partial charge in [0.05, 0.1) is 15.9 Å². The number of fused-ring (bicyclic) bond motifs is 1. The first-order chi connectivity index (χ1) is 12.1. The third-order valence-corrected chi connectivity index (χ3v) is 6.66. The van der Waals surface area contributed by atoms with Crippen LogP contribution in [-0.4, -0.2) is 19.9 Å². The zero-order chi connectivity index (χ0) is 17.4. The summed E-state index contributed by atoms with van der Waals surface area (Å²) in [6.45, 7) is 0.592. The van der Waals surface area contributed by atoms with Crippen LogP contribution in [0, 0.1) is 0 Å². The van der Waals surface area contributed by atoms with Gasteiger partial charge in [-0.3, -0.25) is 0 Å². The highest BCUT2D eigenvalue weighted by molar-refractivity contribution is 7.91. The maximum absolute atomic E-state index is 13.1. The third kappa shape index (κ3) is 2.66. The summed E-state index contributed by atoms with van der Waals surface area (Å²) in [7, 11) is -3.67. The normalized spacial score (nSPS) is 17.3. The maximum atomic E-state index is 13.1. The highest BCUT2D eigenvalue weighted by Gasteiger charge is 2.26. The summed E-state index contributed by atoms with van der Waals surface area (Å²) in [5.74, 6) is 0.197. The van der Waals surface area contributed by atoms with Gasteiger partial charge in [-0.05, 0) is 43.4 Å². The second-order valence-corrected chi connectivity index (χ2v) is 8.29. The third-order valence-electron chi connectivity index (χ3n) is 4.79. The van der Waals surface area contributed by atoms with Gasteiger partial charge >= 0.3 is 0 Å². The number of hydrogen-bond donors (Lipinski definition) is 3. The smallest absolute Gasteiger partial charge is 0.210 e. The molecule has 5 nitrogen and oxygen atoms in total. The second kappa shape index (κ2) is 6.11. The molecule has 0 atom stereocenters. The van der Waals surface area contributed by atoms with Crippen LogP contribution in [0.3, 0.4) is 0 Å². The summed E-state index contributed by atoms with van der Waals surface area (Å²) in [5, 5.41) is 4.85. The molecule has 0 bridgehead atoms. The minimum atomic E-state index is -3.67. The fraction of sp³-hybridized carbons (Fsp3) is 0.263. The Kier molecular flexibility index (Phi) is 3.92. The SMILES string of the molecule is Nc1[nH]c2c(c1S(=O)(=O)c1ccccc1)=CCNC=2C1=CCCCC1. The number of aromatic amines is 1. The van der Waals surface area contributed by atoms with Crippen LogP contribution in [0.25, 0.3) is 11.8 Å². The molecule has 0 spiro atoms. The molecule has 0 radical (unpaired) electrons. The summed E-state index contributed by atoms with van der Waals surface area (Å²) in [6.07, 6.45) is 8.55. The highest BCUT2D eigenvalue weighted by atomic mass is 32.2. The molecule has 4 N–H and O–H groups in total. The number of sulfone groups is 1. The number of allylic oxidation sites excluding steroid dienone is 1. The first-order valence-electron chi connectivity index (χ1n) is 8.54. The second-order valence-electron chi connectivity index (χ2n) is 6.41. The molecule has 1 aliphatic heterocycles. The fourth-order valence-corrected chi connectivity index (χ4v) is 5.17. The van der Waals surface area contributed by atoms with E-state index in [1.165, 1.54) is 12.0 Å². The number of nitrogen functional groups attached to an aromatic ring is 1. The van der Waals surface area contributed by atoms with Crippen LogP contribution in [0.5, 0.6) is 0 Å². The molecule has 1 aromatic carbocycles. The molecule has 0 saturated heterocycles. The zero-order valence-corrected chi connectivity index (χ0v) is 14.7. The number of rotatable bonds is 3. The molecule has 130 valence electrons. The van der Waals surface area contributed by atoms with Gasteiger partial charge in [-0.25, -0.2) is 8.42 Å². The van der Waals surface area contributed by atoms with Gasteiger partial charge in [0.15, 0.2) is 0 Å². The Hall–Kier alpha value is -2.47. The molecular weight excluding hydrogens is 334 g/mol. The van der Waals surface area contributed by atoms with Crippen molar-refractivity contribution in [1.82, 2.24) is 10.3 Å². The van der Waals surface area contributed by atoms with Gasteiger partial charge in [0.2, 0.25) is 9.84 Å². The molecule has 2 aromatic rings. The van der Waals surface area contributed by atoms with Crippen molar-refractivity contribution < 1.29 is 8.42 Å². The van der Waals surface area contributed by atoms with Crippen LogP contribution < -0.4 is 21.6 Å².